The van der Waals surface area contributed by atoms with Gasteiger partial charge in [0.25, 0.3) is 0 Å². The fourth-order valence-electron chi connectivity index (χ4n) is 2.87. The van der Waals surface area contributed by atoms with Crippen LogP contribution in [-0.2, 0) is 11.2 Å². The van der Waals surface area contributed by atoms with Crippen LogP contribution in [0.1, 0.15) is 23.1 Å². The van der Waals surface area contributed by atoms with E-state index in [2.05, 4.69) is 10.6 Å². The number of amides is 1. The third kappa shape index (κ3) is 6.15. The number of nitrogens with one attached hydrogen (secondary N) is 2. The van der Waals surface area contributed by atoms with E-state index in [1.165, 1.54) is 0 Å². The number of aryl methyl sites for hydroxylation is 2. The minimum absolute atomic E-state index is 0.0533. The zero-order chi connectivity index (χ0) is 19.8. The summed E-state index contributed by atoms with van der Waals surface area (Å²) in [4.78, 5) is 12.1. The first kappa shape index (κ1) is 21.1. The molecule has 0 aromatic heterocycles. The van der Waals surface area contributed by atoms with Gasteiger partial charge in [0.2, 0.25) is 5.91 Å². The maximum Gasteiger partial charge on any atom is 0.225 e. The molecule has 0 heterocycles. The highest BCUT2D eigenvalue weighted by atomic mass is 35.5. The molecular formula is C21H27ClN2O3. The molecule has 0 aliphatic rings. The summed E-state index contributed by atoms with van der Waals surface area (Å²) in [5.41, 5.74) is 3.88. The summed E-state index contributed by atoms with van der Waals surface area (Å²) in [6.45, 7) is 5.29. The van der Waals surface area contributed by atoms with E-state index in [4.69, 9.17) is 21.1 Å². The Morgan fingerprint density at radius 1 is 1.04 bits per heavy atom. The molecule has 0 unspecified atom stereocenters. The number of hydrogen-bond acceptors (Lipinski definition) is 4. The molecule has 0 bridgehead atoms. The van der Waals surface area contributed by atoms with E-state index in [9.17, 15) is 4.79 Å². The Morgan fingerprint density at radius 3 is 2.44 bits per heavy atom. The van der Waals surface area contributed by atoms with Gasteiger partial charge in [-0.05, 0) is 61.7 Å². The molecule has 0 aliphatic heterocycles. The molecule has 1 amide bonds. The molecule has 0 aliphatic carbocycles. The second-order valence-electron chi connectivity index (χ2n) is 6.43. The van der Waals surface area contributed by atoms with Gasteiger partial charge in [-0.25, -0.2) is 0 Å². The molecule has 27 heavy (non-hydrogen) atoms. The third-order valence-corrected chi connectivity index (χ3v) is 4.56. The summed E-state index contributed by atoms with van der Waals surface area (Å²) in [5, 5.41) is 6.76. The monoisotopic (exact) mass is 390 g/mol. The Kier molecular flexibility index (Phi) is 7.95. The number of carbonyl (C=O) groups is 1. The van der Waals surface area contributed by atoms with Gasteiger partial charge < -0.3 is 20.1 Å². The van der Waals surface area contributed by atoms with Crippen molar-refractivity contribution in [2.75, 3.05) is 32.6 Å². The highest BCUT2D eigenvalue weighted by Gasteiger charge is 2.09. The van der Waals surface area contributed by atoms with Crippen LogP contribution in [0.4, 0.5) is 5.69 Å². The summed E-state index contributed by atoms with van der Waals surface area (Å²) < 4.78 is 10.5. The minimum atomic E-state index is -0.0533. The van der Waals surface area contributed by atoms with Crippen LogP contribution in [0, 0.1) is 13.8 Å². The van der Waals surface area contributed by atoms with Crippen LogP contribution in [0.25, 0.3) is 0 Å². The minimum Gasteiger partial charge on any atom is -0.493 e. The highest BCUT2D eigenvalue weighted by Crippen LogP contribution is 2.28. The molecule has 0 atom stereocenters. The first-order chi connectivity index (χ1) is 12.9. The standard InChI is InChI=1S/C21H27ClN2O3/c1-14-11-15(2)21(17(22)12-14)24-20(25)8-10-23-9-7-16-5-6-18(26-3)19(13-16)27-4/h5-6,11-13,23H,7-10H2,1-4H3,(H,24,25). The fourth-order valence-corrected chi connectivity index (χ4v) is 3.24. The summed E-state index contributed by atoms with van der Waals surface area (Å²) in [5.74, 6) is 1.39. The second kappa shape index (κ2) is 10.2. The number of hydrogen-bond donors (Lipinski definition) is 2. The van der Waals surface area contributed by atoms with Gasteiger partial charge in [0, 0.05) is 13.0 Å². The van der Waals surface area contributed by atoms with E-state index >= 15 is 0 Å². The number of carbonyl (C=O) groups excluding carboxylic acids is 1. The second-order valence-corrected chi connectivity index (χ2v) is 6.83. The molecule has 6 heteroatoms. The first-order valence-electron chi connectivity index (χ1n) is 8.92. The molecule has 2 rings (SSSR count). The summed E-state index contributed by atoms with van der Waals surface area (Å²) in [7, 11) is 3.25. The fraction of sp³-hybridized carbons (Fsp3) is 0.381. The molecule has 2 aromatic rings. The zero-order valence-corrected chi connectivity index (χ0v) is 17.1. The number of rotatable bonds is 9. The van der Waals surface area contributed by atoms with Crippen LogP contribution in [0.5, 0.6) is 11.5 Å². The lowest BCUT2D eigenvalue weighted by atomic mass is 10.1. The summed E-state index contributed by atoms with van der Waals surface area (Å²) in [6, 6.07) is 9.73. The summed E-state index contributed by atoms with van der Waals surface area (Å²) >= 11 is 6.23. The predicted octanol–water partition coefficient (Wildman–Crippen LogP) is 4.13. The van der Waals surface area contributed by atoms with Crippen molar-refractivity contribution in [3.63, 3.8) is 0 Å². The molecule has 0 saturated carbocycles. The number of anilines is 1. The van der Waals surface area contributed by atoms with Gasteiger partial charge in [-0.2, -0.15) is 0 Å². The SMILES string of the molecule is COc1ccc(CCNCCC(=O)Nc2c(C)cc(C)cc2Cl)cc1OC. The van der Waals surface area contributed by atoms with Crippen molar-refractivity contribution in [2.45, 2.75) is 26.7 Å². The topological polar surface area (TPSA) is 59.6 Å². The number of benzene rings is 2. The maximum atomic E-state index is 12.1. The molecule has 0 radical (unpaired) electrons. The first-order valence-corrected chi connectivity index (χ1v) is 9.30. The van der Waals surface area contributed by atoms with Gasteiger partial charge in [-0.3, -0.25) is 4.79 Å². The lowest BCUT2D eigenvalue weighted by molar-refractivity contribution is -0.116. The lowest BCUT2D eigenvalue weighted by Crippen LogP contribution is -2.24. The van der Waals surface area contributed by atoms with Crippen molar-refractivity contribution in [2.24, 2.45) is 0 Å². The van der Waals surface area contributed by atoms with Crippen LogP contribution in [0.15, 0.2) is 30.3 Å². The van der Waals surface area contributed by atoms with Crippen LogP contribution in [0.3, 0.4) is 0 Å². The van der Waals surface area contributed by atoms with Gasteiger partial charge in [0.15, 0.2) is 11.5 Å². The smallest absolute Gasteiger partial charge is 0.225 e. The third-order valence-electron chi connectivity index (χ3n) is 4.26. The molecule has 2 N–H and O–H groups in total. The Bertz CT molecular complexity index is 770. The quantitative estimate of drug-likeness (QED) is 0.632. The molecular weight excluding hydrogens is 364 g/mol. The highest BCUT2D eigenvalue weighted by molar-refractivity contribution is 6.34. The zero-order valence-electron chi connectivity index (χ0n) is 16.3. The van der Waals surface area contributed by atoms with E-state index in [0.29, 0.717) is 23.7 Å². The van der Waals surface area contributed by atoms with Crippen molar-refractivity contribution in [3.8, 4) is 11.5 Å². The molecule has 5 nitrogen and oxygen atoms in total. The van der Waals surface area contributed by atoms with E-state index in [1.54, 1.807) is 14.2 Å². The average molecular weight is 391 g/mol. The van der Waals surface area contributed by atoms with Crippen molar-refractivity contribution in [1.82, 2.24) is 5.32 Å². The van der Waals surface area contributed by atoms with Gasteiger partial charge in [-0.1, -0.05) is 23.7 Å². The lowest BCUT2D eigenvalue weighted by Gasteiger charge is -2.12. The predicted molar refractivity (Wildman–Crippen MR) is 110 cm³/mol. The number of ether oxygens (including phenoxy) is 2. The van der Waals surface area contributed by atoms with Crippen LogP contribution < -0.4 is 20.1 Å². The van der Waals surface area contributed by atoms with Gasteiger partial charge in [0.1, 0.15) is 0 Å². The van der Waals surface area contributed by atoms with Crippen LogP contribution in [-0.4, -0.2) is 33.2 Å². The van der Waals surface area contributed by atoms with Gasteiger partial charge in [0.05, 0.1) is 24.9 Å². The Morgan fingerprint density at radius 2 is 1.78 bits per heavy atom. The van der Waals surface area contributed by atoms with Gasteiger partial charge >= 0.3 is 0 Å². The average Bonchev–Trinajstić information content (AvgIpc) is 2.64. The van der Waals surface area contributed by atoms with Crippen molar-refractivity contribution in [1.29, 1.82) is 0 Å². The maximum absolute atomic E-state index is 12.1. The normalized spacial score (nSPS) is 10.6. The Hall–Kier alpha value is -2.24. The molecule has 0 fully saturated rings. The van der Waals surface area contributed by atoms with Crippen LogP contribution in [0.2, 0.25) is 5.02 Å². The van der Waals surface area contributed by atoms with Gasteiger partial charge in [-0.15, -0.1) is 0 Å². The molecule has 0 spiro atoms. The number of halogens is 1. The largest absolute Gasteiger partial charge is 0.493 e. The Labute approximate surface area is 166 Å². The Balaban J connectivity index is 1.75. The van der Waals surface area contributed by atoms with E-state index in [1.807, 2.05) is 44.2 Å². The summed E-state index contributed by atoms with van der Waals surface area (Å²) in [6.07, 6.45) is 1.22. The molecule has 2 aromatic carbocycles. The van der Waals surface area contributed by atoms with E-state index in [0.717, 1.165) is 41.2 Å². The van der Waals surface area contributed by atoms with Crippen molar-refractivity contribution >= 4 is 23.2 Å². The van der Waals surface area contributed by atoms with Crippen LogP contribution >= 0.6 is 11.6 Å². The van der Waals surface area contributed by atoms with Crippen molar-refractivity contribution in [3.05, 3.63) is 52.0 Å². The molecule has 0 saturated heterocycles. The van der Waals surface area contributed by atoms with E-state index < -0.39 is 0 Å². The molecule has 146 valence electrons. The number of methoxy groups -OCH3 is 2. The van der Waals surface area contributed by atoms with E-state index in [-0.39, 0.29) is 5.91 Å². The van der Waals surface area contributed by atoms with Crippen molar-refractivity contribution < 1.29 is 14.3 Å².